The lowest BCUT2D eigenvalue weighted by Gasteiger charge is -2.28. The van der Waals surface area contributed by atoms with Crippen LogP contribution in [0.4, 0.5) is 5.69 Å². The van der Waals surface area contributed by atoms with Crippen LogP contribution in [0.2, 0.25) is 0 Å². The standard InChI is InChI=1S/C14H18N2S/c1-17-13-7-4-6-12(9-13)16-14-8-3-2-5-11(14)10-15/h4,6-7,9,11,14,16H,2-3,5,8H2,1H3. The molecular weight excluding hydrogens is 228 g/mol. The molecule has 1 saturated carbocycles. The van der Waals surface area contributed by atoms with Gasteiger partial charge in [-0.3, -0.25) is 0 Å². The van der Waals surface area contributed by atoms with Crippen LogP contribution >= 0.6 is 11.8 Å². The fraction of sp³-hybridized carbons (Fsp3) is 0.500. The van der Waals surface area contributed by atoms with Gasteiger partial charge in [0.05, 0.1) is 12.0 Å². The molecule has 0 aromatic heterocycles. The lowest BCUT2D eigenvalue weighted by atomic mass is 9.85. The number of nitrogens with one attached hydrogen (secondary N) is 1. The summed E-state index contributed by atoms with van der Waals surface area (Å²) in [5.74, 6) is 0.168. The molecule has 0 bridgehead atoms. The van der Waals surface area contributed by atoms with Crippen molar-refractivity contribution in [1.82, 2.24) is 0 Å². The molecule has 90 valence electrons. The van der Waals surface area contributed by atoms with Crippen molar-refractivity contribution >= 4 is 17.4 Å². The molecule has 0 heterocycles. The van der Waals surface area contributed by atoms with E-state index in [0.29, 0.717) is 6.04 Å². The Kier molecular flexibility index (Phi) is 4.33. The summed E-state index contributed by atoms with van der Waals surface area (Å²) in [6.45, 7) is 0. The molecule has 0 saturated heterocycles. The van der Waals surface area contributed by atoms with Crippen molar-refractivity contribution in [2.45, 2.75) is 36.6 Å². The van der Waals surface area contributed by atoms with Crippen molar-refractivity contribution in [3.63, 3.8) is 0 Å². The lowest BCUT2D eigenvalue weighted by Crippen LogP contribution is -2.31. The number of hydrogen-bond donors (Lipinski definition) is 1. The molecule has 1 aromatic rings. The minimum atomic E-state index is 0.168. The van der Waals surface area contributed by atoms with Gasteiger partial charge in [-0.1, -0.05) is 18.9 Å². The zero-order chi connectivity index (χ0) is 12.1. The van der Waals surface area contributed by atoms with Crippen molar-refractivity contribution < 1.29 is 0 Å². The Labute approximate surface area is 107 Å². The number of thioether (sulfide) groups is 1. The van der Waals surface area contributed by atoms with E-state index in [1.54, 1.807) is 11.8 Å². The molecule has 0 spiro atoms. The van der Waals surface area contributed by atoms with Crippen LogP contribution in [0.15, 0.2) is 29.2 Å². The highest BCUT2D eigenvalue weighted by Gasteiger charge is 2.24. The first-order valence-corrected chi connectivity index (χ1v) is 7.36. The molecule has 0 aliphatic heterocycles. The first kappa shape index (κ1) is 12.3. The van der Waals surface area contributed by atoms with Crippen LogP contribution in [0.3, 0.4) is 0 Å². The maximum Gasteiger partial charge on any atom is 0.0677 e. The average molecular weight is 246 g/mol. The van der Waals surface area contributed by atoms with E-state index in [4.69, 9.17) is 5.26 Å². The summed E-state index contributed by atoms with van der Waals surface area (Å²) in [6.07, 6.45) is 6.66. The number of hydrogen-bond acceptors (Lipinski definition) is 3. The summed E-state index contributed by atoms with van der Waals surface area (Å²) < 4.78 is 0. The van der Waals surface area contributed by atoms with Crippen molar-refractivity contribution in [3.8, 4) is 6.07 Å². The normalized spacial score (nSPS) is 24.0. The van der Waals surface area contributed by atoms with Crippen LogP contribution < -0.4 is 5.32 Å². The smallest absolute Gasteiger partial charge is 0.0677 e. The first-order chi connectivity index (χ1) is 8.33. The summed E-state index contributed by atoms with van der Waals surface area (Å²) in [7, 11) is 0. The van der Waals surface area contributed by atoms with Gasteiger partial charge in [0.1, 0.15) is 0 Å². The van der Waals surface area contributed by atoms with Gasteiger partial charge < -0.3 is 5.32 Å². The zero-order valence-electron chi connectivity index (χ0n) is 10.1. The molecular formula is C14H18N2S. The highest BCUT2D eigenvalue weighted by molar-refractivity contribution is 7.98. The molecule has 2 atom stereocenters. The van der Waals surface area contributed by atoms with E-state index in [2.05, 4.69) is 41.9 Å². The number of rotatable bonds is 3. The minimum absolute atomic E-state index is 0.168. The number of nitrogens with zero attached hydrogens (tertiary/aromatic N) is 1. The Morgan fingerprint density at radius 1 is 1.35 bits per heavy atom. The largest absolute Gasteiger partial charge is 0.381 e. The van der Waals surface area contributed by atoms with Gasteiger partial charge in [0.15, 0.2) is 0 Å². The van der Waals surface area contributed by atoms with Crippen molar-refractivity contribution in [3.05, 3.63) is 24.3 Å². The lowest BCUT2D eigenvalue weighted by molar-refractivity contribution is 0.389. The molecule has 1 fully saturated rings. The summed E-state index contributed by atoms with van der Waals surface area (Å²) >= 11 is 1.75. The average Bonchev–Trinajstić information content (AvgIpc) is 2.39. The fourth-order valence-corrected chi connectivity index (χ4v) is 2.84. The van der Waals surface area contributed by atoms with Crippen LogP contribution in [0.25, 0.3) is 0 Å². The van der Waals surface area contributed by atoms with Gasteiger partial charge in [-0.2, -0.15) is 5.26 Å². The van der Waals surface area contributed by atoms with E-state index in [-0.39, 0.29) is 5.92 Å². The van der Waals surface area contributed by atoms with E-state index in [1.165, 1.54) is 17.7 Å². The maximum atomic E-state index is 9.15. The number of anilines is 1. The van der Waals surface area contributed by atoms with Gasteiger partial charge in [-0.15, -0.1) is 11.8 Å². The Morgan fingerprint density at radius 2 is 2.18 bits per heavy atom. The third-order valence-corrected chi connectivity index (χ3v) is 4.08. The van der Waals surface area contributed by atoms with Gasteiger partial charge in [-0.25, -0.2) is 0 Å². The topological polar surface area (TPSA) is 35.8 Å². The first-order valence-electron chi connectivity index (χ1n) is 6.13. The highest BCUT2D eigenvalue weighted by Crippen LogP contribution is 2.28. The predicted octanol–water partition coefficient (Wildman–Crippen LogP) is 3.90. The van der Waals surface area contributed by atoms with Gasteiger partial charge in [0, 0.05) is 16.6 Å². The fourth-order valence-electron chi connectivity index (χ4n) is 2.39. The van der Waals surface area contributed by atoms with Crippen LogP contribution in [0.1, 0.15) is 25.7 Å². The highest BCUT2D eigenvalue weighted by atomic mass is 32.2. The van der Waals surface area contributed by atoms with Crippen molar-refractivity contribution in [1.29, 1.82) is 5.26 Å². The van der Waals surface area contributed by atoms with Crippen LogP contribution in [-0.4, -0.2) is 12.3 Å². The van der Waals surface area contributed by atoms with Gasteiger partial charge in [-0.05, 0) is 37.3 Å². The van der Waals surface area contributed by atoms with Gasteiger partial charge >= 0.3 is 0 Å². The molecule has 0 amide bonds. The minimum Gasteiger partial charge on any atom is -0.381 e. The quantitative estimate of drug-likeness (QED) is 0.822. The third kappa shape index (κ3) is 3.17. The Bertz CT molecular complexity index is 411. The summed E-state index contributed by atoms with van der Waals surface area (Å²) in [4.78, 5) is 1.26. The van der Waals surface area contributed by atoms with E-state index in [0.717, 1.165) is 18.5 Å². The second kappa shape index (κ2) is 5.97. The van der Waals surface area contributed by atoms with Crippen molar-refractivity contribution in [2.24, 2.45) is 5.92 Å². The maximum absolute atomic E-state index is 9.15. The molecule has 0 radical (unpaired) electrons. The molecule has 17 heavy (non-hydrogen) atoms. The molecule has 1 aromatic carbocycles. The Balaban J connectivity index is 2.06. The van der Waals surface area contributed by atoms with Crippen LogP contribution in [0.5, 0.6) is 0 Å². The zero-order valence-corrected chi connectivity index (χ0v) is 11.0. The molecule has 1 aliphatic rings. The van der Waals surface area contributed by atoms with E-state index < -0.39 is 0 Å². The molecule has 1 aliphatic carbocycles. The van der Waals surface area contributed by atoms with Crippen LogP contribution in [0, 0.1) is 17.2 Å². The number of benzene rings is 1. The summed E-state index contributed by atoms with van der Waals surface area (Å²) in [5.41, 5.74) is 1.14. The van der Waals surface area contributed by atoms with E-state index in [9.17, 15) is 0 Å². The van der Waals surface area contributed by atoms with E-state index in [1.807, 2.05) is 0 Å². The SMILES string of the molecule is CSc1cccc(NC2CCCCC2C#N)c1. The van der Waals surface area contributed by atoms with E-state index >= 15 is 0 Å². The summed E-state index contributed by atoms with van der Waals surface area (Å²) in [6, 6.07) is 11.2. The molecule has 2 unspecified atom stereocenters. The molecule has 2 rings (SSSR count). The van der Waals surface area contributed by atoms with Crippen molar-refractivity contribution in [2.75, 3.05) is 11.6 Å². The van der Waals surface area contributed by atoms with Crippen LogP contribution in [-0.2, 0) is 0 Å². The molecule has 2 nitrogen and oxygen atoms in total. The third-order valence-electron chi connectivity index (χ3n) is 3.35. The molecule has 1 N–H and O–H groups in total. The summed E-state index contributed by atoms with van der Waals surface area (Å²) in [5, 5.41) is 12.7. The second-order valence-electron chi connectivity index (χ2n) is 4.50. The molecule has 3 heteroatoms. The monoisotopic (exact) mass is 246 g/mol. The van der Waals surface area contributed by atoms with Gasteiger partial charge in [0.2, 0.25) is 0 Å². The second-order valence-corrected chi connectivity index (χ2v) is 5.38. The predicted molar refractivity (Wildman–Crippen MR) is 73.2 cm³/mol. The Morgan fingerprint density at radius 3 is 2.94 bits per heavy atom. The number of nitriles is 1. The van der Waals surface area contributed by atoms with Gasteiger partial charge in [0.25, 0.3) is 0 Å². The Hall–Kier alpha value is -1.14.